The second-order valence-electron chi connectivity index (χ2n) is 4.20. The van der Waals surface area contributed by atoms with Crippen molar-refractivity contribution in [1.29, 1.82) is 0 Å². The van der Waals surface area contributed by atoms with Crippen LogP contribution in [-0.2, 0) is 0 Å². The van der Waals surface area contributed by atoms with Crippen molar-refractivity contribution in [3.63, 3.8) is 0 Å². The second kappa shape index (κ2) is 6.06. The molecule has 0 spiro atoms. The highest BCUT2D eigenvalue weighted by atomic mass is 35.5. The van der Waals surface area contributed by atoms with E-state index in [0.29, 0.717) is 21.5 Å². The molecule has 2 N–H and O–H groups in total. The van der Waals surface area contributed by atoms with Crippen molar-refractivity contribution in [3.8, 4) is 0 Å². The molecule has 1 atom stereocenters. The van der Waals surface area contributed by atoms with Gasteiger partial charge in [-0.25, -0.2) is 4.98 Å². The van der Waals surface area contributed by atoms with E-state index >= 15 is 0 Å². The van der Waals surface area contributed by atoms with Gasteiger partial charge >= 0.3 is 0 Å². The molecule has 0 aliphatic rings. The highest BCUT2D eigenvalue weighted by molar-refractivity contribution is 6.43. The van der Waals surface area contributed by atoms with E-state index in [-0.39, 0.29) is 11.2 Å². The summed E-state index contributed by atoms with van der Waals surface area (Å²) in [5.74, 6) is 0.598. The highest BCUT2D eigenvalue weighted by Gasteiger charge is 2.17. The summed E-state index contributed by atoms with van der Waals surface area (Å²) < 4.78 is 0. The SMILES string of the molecule is CC(C)CC[C@@H](N)c1c(Cl)cnc(Cl)c1Cl. The van der Waals surface area contributed by atoms with Gasteiger partial charge in [0, 0.05) is 17.8 Å². The van der Waals surface area contributed by atoms with Crippen LogP contribution in [0.4, 0.5) is 0 Å². The predicted molar refractivity (Wildman–Crippen MR) is 70.3 cm³/mol. The van der Waals surface area contributed by atoms with Crippen LogP contribution in [0.15, 0.2) is 6.20 Å². The molecule has 0 aromatic carbocycles. The highest BCUT2D eigenvalue weighted by Crippen LogP contribution is 2.35. The Kier molecular flexibility index (Phi) is 5.32. The van der Waals surface area contributed by atoms with E-state index in [0.717, 1.165) is 12.8 Å². The molecule has 16 heavy (non-hydrogen) atoms. The summed E-state index contributed by atoms with van der Waals surface area (Å²) in [6.07, 6.45) is 3.34. The van der Waals surface area contributed by atoms with Crippen LogP contribution >= 0.6 is 34.8 Å². The summed E-state index contributed by atoms with van der Waals surface area (Å²) >= 11 is 17.9. The molecule has 0 aliphatic heterocycles. The summed E-state index contributed by atoms with van der Waals surface area (Å²) in [7, 11) is 0. The average Bonchev–Trinajstić information content (AvgIpc) is 2.21. The Bertz CT molecular complexity index is 366. The van der Waals surface area contributed by atoms with Gasteiger partial charge in [0.25, 0.3) is 0 Å². The summed E-state index contributed by atoms with van der Waals surface area (Å²) in [5, 5.41) is 1.09. The van der Waals surface area contributed by atoms with Crippen molar-refractivity contribution < 1.29 is 0 Å². The van der Waals surface area contributed by atoms with E-state index in [1.807, 2.05) is 0 Å². The molecule has 0 saturated heterocycles. The first kappa shape index (κ1) is 14.0. The first-order chi connectivity index (χ1) is 7.43. The van der Waals surface area contributed by atoms with Crippen LogP contribution in [-0.4, -0.2) is 4.98 Å². The maximum atomic E-state index is 6.06. The van der Waals surface area contributed by atoms with E-state index in [4.69, 9.17) is 40.5 Å². The molecule has 90 valence electrons. The van der Waals surface area contributed by atoms with Gasteiger partial charge < -0.3 is 5.73 Å². The smallest absolute Gasteiger partial charge is 0.148 e. The van der Waals surface area contributed by atoms with E-state index in [2.05, 4.69) is 18.8 Å². The van der Waals surface area contributed by atoms with Gasteiger partial charge in [0.15, 0.2) is 0 Å². The quantitative estimate of drug-likeness (QED) is 0.827. The van der Waals surface area contributed by atoms with Crippen LogP contribution in [0.5, 0.6) is 0 Å². The third kappa shape index (κ3) is 3.49. The fraction of sp³-hybridized carbons (Fsp3) is 0.545. The van der Waals surface area contributed by atoms with E-state index in [1.54, 1.807) is 0 Å². The van der Waals surface area contributed by atoms with Crippen molar-refractivity contribution in [2.45, 2.75) is 32.7 Å². The lowest BCUT2D eigenvalue weighted by atomic mass is 9.99. The first-order valence-electron chi connectivity index (χ1n) is 5.18. The topological polar surface area (TPSA) is 38.9 Å². The Morgan fingerprint density at radius 1 is 1.25 bits per heavy atom. The molecule has 0 aliphatic carbocycles. The first-order valence-corrected chi connectivity index (χ1v) is 6.31. The van der Waals surface area contributed by atoms with Crippen LogP contribution in [0, 0.1) is 5.92 Å². The molecule has 0 radical (unpaired) electrons. The zero-order chi connectivity index (χ0) is 12.3. The lowest BCUT2D eigenvalue weighted by Crippen LogP contribution is -2.13. The van der Waals surface area contributed by atoms with Gasteiger partial charge in [0.1, 0.15) is 5.15 Å². The Labute approximate surface area is 111 Å². The number of nitrogens with two attached hydrogens (primary N) is 1. The van der Waals surface area contributed by atoms with Gasteiger partial charge in [-0.15, -0.1) is 0 Å². The molecule has 0 saturated carbocycles. The maximum absolute atomic E-state index is 6.06. The number of hydrogen-bond donors (Lipinski definition) is 1. The molecule has 0 amide bonds. The van der Waals surface area contributed by atoms with E-state index in [1.165, 1.54) is 6.20 Å². The number of aromatic nitrogens is 1. The molecular formula is C11H15Cl3N2. The molecule has 1 rings (SSSR count). The summed E-state index contributed by atoms with van der Waals surface area (Å²) in [4.78, 5) is 3.86. The molecule has 0 bridgehead atoms. The maximum Gasteiger partial charge on any atom is 0.148 e. The number of hydrogen-bond acceptors (Lipinski definition) is 2. The Morgan fingerprint density at radius 2 is 1.88 bits per heavy atom. The van der Waals surface area contributed by atoms with Crippen LogP contribution in [0.25, 0.3) is 0 Å². The van der Waals surface area contributed by atoms with Gasteiger partial charge in [-0.3, -0.25) is 0 Å². The van der Waals surface area contributed by atoms with Crippen molar-refractivity contribution in [3.05, 3.63) is 27.0 Å². The Morgan fingerprint density at radius 3 is 2.44 bits per heavy atom. The van der Waals surface area contributed by atoms with Gasteiger partial charge in [-0.2, -0.15) is 0 Å². The zero-order valence-corrected chi connectivity index (χ0v) is 11.6. The molecule has 1 heterocycles. The summed E-state index contributed by atoms with van der Waals surface area (Å²) in [6.45, 7) is 4.30. The minimum absolute atomic E-state index is 0.192. The van der Waals surface area contributed by atoms with Crippen molar-refractivity contribution in [1.82, 2.24) is 4.98 Å². The average molecular weight is 282 g/mol. The number of halogens is 3. The molecule has 1 aromatic heterocycles. The molecule has 5 heteroatoms. The van der Waals surface area contributed by atoms with Crippen molar-refractivity contribution in [2.75, 3.05) is 0 Å². The standard InChI is InChI=1S/C11H15Cl3N2/c1-6(2)3-4-8(15)9-7(12)5-16-11(14)10(9)13/h5-6,8H,3-4,15H2,1-2H3/t8-/m1/s1. The van der Waals surface area contributed by atoms with E-state index < -0.39 is 0 Å². The van der Waals surface area contributed by atoms with Gasteiger partial charge in [0.2, 0.25) is 0 Å². The van der Waals surface area contributed by atoms with Gasteiger partial charge in [-0.05, 0) is 18.8 Å². The third-order valence-corrected chi connectivity index (χ3v) is 3.46. The molecule has 0 fully saturated rings. The summed E-state index contributed by atoms with van der Waals surface area (Å²) in [6, 6.07) is -0.192. The monoisotopic (exact) mass is 280 g/mol. The number of nitrogens with zero attached hydrogens (tertiary/aromatic N) is 1. The third-order valence-electron chi connectivity index (χ3n) is 2.39. The zero-order valence-electron chi connectivity index (χ0n) is 9.30. The predicted octanol–water partition coefficient (Wildman–Crippen LogP) is 4.48. The van der Waals surface area contributed by atoms with Crippen LogP contribution in [0.1, 0.15) is 38.3 Å². The molecule has 2 nitrogen and oxygen atoms in total. The minimum Gasteiger partial charge on any atom is -0.324 e. The second-order valence-corrected chi connectivity index (χ2v) is 5.35. The van der Waals surface area contributed by atoms with Crippen LogP contribution in [0.3, 0.4) is 0 Å². The normalized spacial score (nSPS) is 13.2. The fourth-order valence-electron chi connectivity index (χ4n) is 1.45. The molecule has 1 aromatic rings. The van der Waals surface area contributed by atoms with Crippen molar-refractivity contribution >= 4 is 34.8 Å². The minimum atomic E-state index is -0.192. The Hall–Kier alpha value is -0.0200. The van der Waals surface area contributed by atoms with Crippen molar-refractivity contribution in [2.24, 2.45) is 11.7 Å². The van der Waals surface area contributed by atoms with Gasteiger partial charge in [0.05, 0.1) is 10.0 Å². The largest absolute Gasteiger partial charge is 0.324 e. The van der Waals surface area contributed by atoms with Crippen LogP contribution < -0.4 is 5.73 Å². The molecule has 0 unspecified atom stereocenters. The number of pyridine rings is 1. The lowest BCUT2D eigenvalue weighted by molar-refractivity contribution is 0.507. The van der Waals surface area contributed by atoms with Crippen LogP contribution in [0.2, 0.25) is 15.2 Å². The van der Waals surface area contributed by atoms with Gasteiger partial charge in [-0.1, -0.05) is 48.7 Å². The fourth-order valence-corrected chi connectivity index (χ4v) is 2.23. The lowest BCUT2D eigenvalue weighted by Gasteiger charge is -2.16. The molecular weight excluding hydrogens is 266 g/mol. The summed E-state index contributed by atoms with van der Waals surface area (Å²) in [5.41, 5.74) is 6.76. The Balaban J connectivity index is 2.90. The number of rotatable bonds is 4. The van der Waals surface area contributed by atoms with E-state index in [9.17, 15) is 0 Å².